The molecule has 2 aromatic carbocycles. The molecule has 2 heterocycles. The van der Waals surface area contributed by atoms with Gasteiger partial charge < -0.3 is 0 Å². The molecule has 2 aromatic heterocycles. The quantitative estimate of drug-likeness (QED) is 0.539. The van der Waals surface area contributed by atoms with Crippen molar-refractivity contribution in [2.45, 2.75) is 0 Å². The van der Waals surface area contributed by atoms with Crippen LogP contribution in [0.15, 0.2) is 73.1 Å². The molecule has 0 N–H and O–H groups in total. The van der Waals surface area contributed by atoms with Gasteiger partial charge in [-0.2, -0.15) is 5.10 Å². The summed E-state index contributed by atoms with van der Waals surface area (Å²) in [5, 5.41) is 4.27. The van der Waals surface area contributed by atoms with Crippen molar-refractivity contribution in [3.05, 3.63) is 78.6 Å². The summed E-state index contributed by atoms with van der Waals surface area (Å²) >= 11 is 0. The number of fused-ring (bicyclic) bond motifs is 1. The first-order chi connectivity index (χ1) is 11.4. The highest BCUT2D eigenvalue weighted by Gasteiger charge is 2.14. The van der Waals surface area contributed by atoms with Crippen LogP contribution in [-0.4, -0.2) is 20.9 Å². The third-order valence-electron chi connectivity index (χ3n) is 3.81. The fourth-order valence-corrected chi connectivity index (χ4v) is 2.70. The van der Waals surface area contributed by atoms with Crippen LogP contribution in [0.5, 0.6) is 0 Å². The van der Waals surface area contributed by atoms with Crippen molar-refractivity contribution in [3.63, 3.8) is 0 Å². The number of hydrogen-bond acceptors (Lipinski definition) is 3. The highest BCUT2D eigenvalue weighted by Crippen LogP contribution is 2.32. The van der Waals surface area contributed by atoms with Crippen LogP contribution in [-0.2, 0) is 0 Å². The van der Waals surface area contributed by atoms with Gasteiger partial charge in [-0.15, -0.1) is 0 Å². The fraction of sp³-hybridized carbons (Fsp3) is 0. The van der Waals surface area contributed by atoms with Crippen LogP contribution in [0.25, 0.3) is 28.0 Å². The molecule has 0 aliphatic heterocycles. The van der Waals surface area contributed by atoms with E-state index in [1.807, 2.05) is 60.8 Å². The largest absolute Gasteiger partial charge is 0.298 e. The number of nitrogens with zero attached hydrogens (tertiary/aromatic N) is 3. The summed E-state index contributed by atoms with van der Waals surface area (Å²) in [5.74, 6) is 0. The van der Waals surface area contributed by atoms with Crippen LogP contribution in [0.4, 0.5) is 0 Å². The molecule has 4 rings (SSSR count). The maximum atomic E-state index is 11.4. The molecule has 0 fully saturated rings. The van der Waals surface area contributed by atoms with Gasteiger partial charge in [0.05, 0.1) is 11.9 Å². The second kappa shape index (κ2) is 5.50. The van der Waals surface area contributed by atoms with Crippen molar-refractivity contribution < 1.29 is 4.79 Å². The lowest BCUT2D eigenvalue weighted by Crippen LogP contribution is -1.98. The average Bonchev–Trinajstić information content (AvgIpc) is 3.09. The van der Waals surface area contributed by atoms with Crippen LogP contribution in [0.2, 0.25) is 0 Å². The van der Waals surface area contributed by atoms with Gasteiger partial charge in [0, 0.05) is 29.0 Å². The standard InChI is InChI=1S/C19H13N3O/c23-13-15-8-4-5-9-16(15)19-17(14-6-2-1-3-7-14)12-22-18(21-19)10-11-20-22/h1-13H. The Morgan fingerprint density at radius 3 is 2.48 bits per heavy atom. The first-order valence-corrected chi connectivity index (χ1v) is 7.31. The van der Waals surface area contributed by atoms with E-state index in [-0.39, 0.29) is 0 Å². The Hall–Kier alpha value is -3.27. The van der Waals surface area contributed by atoms with E-state index in [0.29, 0.717) is 5.56 Å². The molecule has 0 aliphatic rings. The molecule has 0 bridgehead atoms. The van der Waals surface area contributed by atoms with E-state index in [1.165, 1.54) is 0 Å². The van der Waals surface area contributed by atoms with Crippen molar-refractivity contribution in [1.29, 1.82) is 0 Å². The van der Waals surface area contributed by atoms with E-state index >= 15 is 0 Å². The highest BCUT2D eigenvalue weighted by molar-refractivity contribution is 5.91. The zero-order chi connectivity index (χ0) is 15.6. The van der Waals surface area contributed by atoms with Gasteiger partial charge in [0.15, 0.2) is 11.9 Å². The zero-order valence-corrected chi connectivity index (χ0v) is 12.3. The predicted molar refractivity (Wildman–Crippen MR) is 89.2 cm³/mol. The van der Waals surface area contributed by atoms with E-state index in [0.717, 1.165) is 34.3 Å². The van der Waals surface area contributed by atoms with E-state index < -0.39 is 0 Å². The number of aldehydes is 1. The van der Waals surface area contributed by atoms with Crippen molar-refractivity contribution in [1.82, 2.24) is 14.6 Å². The van der Waals surface area contributed by atoms with Gasteiger partial charge in [0.1, 0.15) is 0 Å². The minimum Gasteiger partial charge on any atom is -0.298 e. The maximum absolute atomic E-state index is 11.4. The smallest absolute Gasteiger partial charge is 0.155 e. The van der Waals surface area contributed by atoms with Gasteiger partial charge >= 0.3 is 0 Å². The second-order valence-corrected chi connectivity index (χ2v) is 5.21. The number of aromatic nitrogens is 3. The Labute approximate surface area is 133 Å². The molecule has 0 amide bonds. The summed E-state index contributed by atoms with van der Waals surface area (Å²) in [6.07, 6.45) is 4.54. The second-order valence-electron chi connectivity index (χ2n) is 5.21. The molecule has 23 heavy (non-hydrogen) atoms. The van der Waals surface area contributed by atoms with E-state index in [9.17, 15) is 4.79 Å². The topological polar surface area (TPSA) is 47.3 Å². The molecule has 0 spiro atoms. The third kappa shape index (κ3) is 2.30. The van der Waals surface area contributed by atoms with Gasteiger partial charge in [-0.25, -0.2) is 9.50 Å². The Morgan fingerprint density at radius 2 is 1.65 bits per heavy atom. The van der Waals surface area contributed by atoms with E-state index in [2.05, 4.69) is 5.10 Å². The summed E-state index contributed by atoms with van der Waals surface area (Å²) in [6.45, 7) is 0. The lowest BCUT2D eigenvalue weighted by atomic mass is 9.98. The summed E-state index contributed by atoms with van der Waals surface area (Å²) in [7, 11) is 0. The summed E-state index contributed by atoms with van der Waals surface area (Å²) in [4.78, 5) is 16.1. The van der Waals surface area contributed by atoms with Gasteiger partial charge in [-0.3, -0.25) is 4.79 Å². The first-order valence-electron chi connectivity index (χ1n) is 7.31. The first kappa shape index (κ1) is 13.4. The minimum absolute atomic E-state index is 0.626. The monoisotopic (exact) mass is 299 g/mol. The SMILES string of the molecule is O=Cc1ccccc1-c1nc2ccnn2cc1-c1ccccc1. The molecule has 110 valence electrons. The number of benzene rings is 2. The molecule has 0 aliphatic carbocycles. The average molecular weight is 299 g/mol. The van der Waals surface area contributed by atoms with Crippen molar-refractivity contribution in [3.8, 4) is 22.4 Å². The molecule has 0 saturated heterocycles. The van der Waals surface area contributed by atoms with Crippen LogP contribution in [0.1, 0.15) is 10.4 Å². The van der Waals surface area contributed by atoms with Gasteiger partial charge in [-0.1, -0.05) is 54.6 Å². The van der Waals surface area contributed by atoms with Gasteiger partial charge in [0.2, 0.25) is 0 Å². The molecule has 0 atom stereocenters. The van der Waals surface area contributed by atoms with Crippen LogP contribution in [0.3, 0.4) is 0 Å². The fourth-order valence-electron chi connectivity index (χ4n) is 2.70. The molecule has 4 aromatic rings. The van der Waals surface area contributed by atoms with Gasteiger partial charge in [0.25, 0.3) is 0 Å². The number of rotatable bonds is 3. The number of carbonyl (C=O) groups is 1. The van der Waals surface area contributed by atoms with Crippen LogP contribution < -0.4 is 0 Å². The summed E-state index contributed by atoms with van der Waals surface area (Å²) in [6, 6.07) is 19.3. The number of carbonyl (C=O) groups excluding carboxylic acids is 1. The molecular formula is C19H13N3O. The highest BCUT2D eigenvalue weighted by atomic mass is 16.1. The molecule has 4 heteroatoms. The third-order valence-corrected chi connectivity index (χ3v) is 3.81. The van der Waals surface area contributed by atoms with E-state index in [4.69, 9.17) is 4.98 Å². The zero-order valence-electron chi connectivity index (χ0n) is 12.3. The summed E-state index contributed by atoms with van der Waals surface area (Å²) < 4.78 is 1.75. The van der Waals surface area contributed by atoms with Crippen LogP contribution >= 0.6 is 0 Å². The van der Waals surface area contributed by atoms with E-state index in [1.54, 1.807) is 16.8 Å². The Morgan fingerprint density at radius 1 is 0.870 bits per heavy atom. The Kier molecular flexibility index (Phi) is 3.20. The minimum atomic E-state index is 0.626. The van der Waals surface area contributed by atoms with Gasteiger partial charge in [-0.05, 0) is 5.56 Å². The predicted octanol–water partition coefficient (Wildman–Crippen LogP) is 3.88. The molecule has 4 nitrogen and oxygen atoms in total. The lowest BCUT2D eigenvalue weighted by molar-refractivity contribution is 0.112. The van der Waals surface area contributed by atoms with Crippen molar-refractivity contribution in [2.75, 3.05) is 0 Å². The maximum Gasteiger partial charge on any atom is 0.155 e. The molecular weight excluding hydrogens is 286 g/mol. The number of hydrogen-bond donors (Lipinski definition) is 0. The van der Waals surface area contributed by atoms with Crippen LogP contribution in [0, 0.1) is 0 Å². The summed E-state index contributed by atoms with van der Waals surface area (Å²) in [5.41, 5.74) is 4.96. The Balaban J connectivity index is 2.06. The Bertz CT molecular complexity index is 990. The molecule has 0 radical (unpaired) electrons. The normalized spacial score (nSPS) is 10.8. The lowest BCUT2D eigenvalue weighted by Gasteiger charge is -2.11. The van der Waals surface area contributed by atoms with Crippen molar-refractivity contribution >= 4 is 11.9 Å². The molecule has 0 saturated carbocycles. The van der Waals surface area contributed by atoms with Crippen molar-refractivity contribution in [2.24, 2.45) is 0 Å². The molecule has 0 unspecified atom stereocenters.